The summed E-state index contributed by atoms with van der Waals surface area (Å²) in [6.07, 6.45) is 2.02. The van der Waals surface area contributed by atoms with Crippen molar-refractivity contribution in [3.8, 4) is 5.75 Å². The van der Waals surface area contributed by atoms with E-state index in [-0.39, 0.29) is 12.5 Å². The predicted octanol–water partition coefficient (Wildman–Crippen LogP) is 4.03. The lowest BCUT2D eigenvalue weighted by molar-refractivity contribution is -0.118. The number of carbonyl (C=O) groups excluding carboxylic acids is 1. The SMILES string of the molecule is CSc1ccc(NC(=O)COc2ccc(I)cc2)cc1. The number of anilines is 1. The van der Waals surface area contributed by atoms with Gasteiger partial charge in [0, 0.05) is 14.2 Å². The number of rotatable bonds is 5. The van der Waals surface area contributed by atoms with E-state index in [0.29, 0.717) is 5.75 Å². The summed E-state index contributed by atoms with van der Waals surface area (Å²) < 4.78 is 6.55. The van der Waals surface area contributed by atoms with E-state index in [9.17, 15) is 4.79 Å². The zero-order valence-electron chi connectivity index (χ0n) is 10.9. The van der Waals surface area contributed by atoms with Gasteiger partial charge in [0.15, 0.2) is 6.61 Å². The molecule has 2 aromatic rings. The number of ether oxygens (including phenoxy) is 1. The summed E-state index contributed by atoms with van der Waals surface area (Å²) in [7, 11) is 0. The number of hydrogen-bond donors (Lipinski definition) is 1. The Balaban J connectivity index is 1.84. The van der Waals surface area contributed by atoms with Crippen molar-refractivity contribution in [3.63, 3.8) is 0 Å². The number of hydrogen-bond acceptors (Lipinski definition) is 3. The van der Waals surface area contributed by atoms with Gasteiger partial charge < -0.3 is 10.1 Å². The normalized spacial score (nSPS) is 10.1. The fourth-order valence-electron chi connectivity index (χ4n) is 1.55. The second kappa shape index (κ2) is 7.54. The van der Waals surface area contributed by atoms with Gasteiger partial charge in [0.1, 0.15) is 5.75 Å². The summed E-state index contributed by atoms with van der Waals surface area (Å²) in [5, 5.41) is 2.80. The van der Waals surface area contributed by atoms with Crippen LogP contribution in [0.1, 0.15) is 0 Å². The number of amides is 1. The smallest absolute Gasteiger partial charge is 0.262 e. The van der Waals surface area contributed by atoms with E-state index in [4.69, 9.17) is 4.74 Å². The molecule has 0 aliphatic carbocycles. The first kappa shape index (κ1) is 15.2. The van der Waals surface area contributed by atoms with Gasteiger partial charge in [-0.2, -0.15) is 0 Å². The van der Waals surface area contributed by atoms with Crippen LogP contribution in [0.25, 0.3) is 0 Å². The fraction of sp³-hybridized carbons (Fsp3) is 0.133. The Morgan fingerprint density at radius 1 is 1.15 bits per heavy atom. The Hall–Kier alpha value is -1.21. The van der Waals surface area contributed by atoms with E-state index in [2.05, 4.69) is 27.9 Å². The van der Waals surface area contributed by atoms with Crippen LogP contribution >= 0.6 is 34.4 Å². The Morgan fingerprint density at radius 2 is 1.80 bits per heavy atom. The molecule has 0 spiro atoms. The highest BCUT2D eigenvalue weighted by Crippen LogP contribution is 2.17. The maximum Gasteiger partial charge on any atom is 0.262 e. The summed E-state index contributed by atoms with van der Waals surface area (Å²) >= 11 is 3.89. The average Bonchev–Trinajstić information content (AvgIpc) is 2.47. The number of halogens is 1. The third-order valence-electron chi connectivity index (χ3n) is 2.56. The van der Waals surface area contributed by atoms with Crippen molar-refractivity contribution in [1.29, 1.82) is 0 Å². The summed E-state index contributed by atoms with van der Waals surface area (Å²) in [6, 6.07) is 15.3. The lowest BCUT2D eigenvalue weighted by Gasteiger charge is -2.08. The molecule has 0 atom stereocenters. The third kappa shape index (κ3) is 4.72. The maximum atomic E-state index is 11.8. The van der Waals surface area contributed by atoms with Gasteiger partial charge in [-0.3, -0.25) is 4.79 Å². The van der Waals surface area contributed by atoms with Gasteiger partial charge >= 0.3 is 0 Å². The Morgan fingerprint density at radius 3 is 2.40 bits per heavy atom. The molecule has 3 nitrogen and oxygen atoms in total. The molecule has 5 heteroatoms. The van der Waals surface area contributed by atoms with Crippen molar-refractivity contribution in [2.75, 3.05) is 18.2 Å². The monoisotopic (exact) mass is 399 g/mol. The van der Waals surface area contributed by atoms with Crippen LogP contribution in [-0.2, 0) is 4.79 Å². The van der Waals surface area contributed by atoms with E-state index in [1.54, 1.807) is 11.8 Å². The van der Waals surface area contributed by atoms with Gasteiger partial charge in [-0.25, -0.2) is 0 Å². The molecule has 0 saturated carbocycles. The van der Waals surface area contributed by atoms with Crippen molar-refractivity contribution in [2.45, 2.75) is 4.90 Å². The van der Waals surface area contributed by atoms with Crippen LogP contribution in [0.4, 0.5) is 5.69 Å². The molecule has 1 N–H and O–H groups in total. The van der Waals surface area contributed by atoms with Gasteiger partial charge in [-0.1, -0.05) is 0 Å². The van der Waals surface area contributed by atoms with Crippen LogP contribution in [0.2, 0.25) is 0 Å². The number of carbonyl (C=O) groups is 1. The second-order valence-electron chi connectivity index (χ2n) is 4.02. The van der Waals surface area contributed by atoms with E-state index in [1.807, 2.05) is 54.8 Å². The zero-order chi connectivity index (χ0) is 14.4. The molecular weight excluding hydrogens is 385 g/mol. The third-order valence-corrected chi connectivity index (χ3v) is 4.02. The van der Waals surface area contributed by atoms with Crippen molar-refractivity contribution >= 4 is 45.9 Å². The Labute approximate surface area is 136 Å². The van der Waals surface area contributed by atoms with Crippen LogP contribution in [-0.4, -0.2) is 18.8 Å². The molecule has 2 aromatic carbocycles. The molecule has 1 amide bonds. The molecule has 0 heterocycles. The van der Waals surface area contributed by atoms with Gasteiger partial charge in [0.2, 0.25) is 0 Å². The van der Waals surface area contributed by atoms with Gasteiger partial charge in [0.05, 0.1) is 0 Å². The molecule has 0 aliphatic heterocycles. The summed E-state index contributed by atoms with van der Waals surface area (Å²) in [4.78, 5) is 12.9. The van der Waals surface area contributed by atoms with Crippen molar-refractivity contribution in [1.82, 2.24) is 0 Å². The van der Waals surface area contributed by atoms with Crippen LogP contribution in [0.3, 0.4) is 0 Å². The molecule has 104 valence electrons. The van der Waals surface area contributed by atoms with Crippen LogP contribution in [0.15, 0.2) is 53.4 Å². The highest BCUT2D eigenvalue weighted by atomic mass is 127. The van der Waals surface area contributed by atoms with Crippen molar-refractivity contribution < 1.29 is 9.53 Å². The minimum Gasteiger partial charge on any atom is -0.484 e. The van der Waals surface area contributed by atoms with E-state index < -0.39 is 0 Å². The van der Waals surface area contributed by atoms with Crippen LogP contribution < -0.4 is 10.1 Å². The van der Waals surface area contributed by atoms with Crippen LogP contribution in [0.5, 0.6) is 5.75 Å². The largest absolute Gasteiger partial charge is 0.484 e. The van der Waals surface area contributed by atoms with E-state index in [1.165, 1.54) is 0 Å². The second-order valence-corrected chi connectivity index (χ2v) is 6.14. The Bertz CT molecular complexity index is 569. The first-order chi connectivity index (χ1) is 9.67. The fourth-order valence-corrected chi connectivity index (χ4v) is 2.32. The molecule has 0 saturated heterocycles. The maximum absolute atomic E-state index is 11.8. The molecule has 0 aliphatic rings. The predicted molar refractivity (Wildman–Crippen MR) is 91.5 cm³/mol. The average molecular weight is 399 g/mol. The molecule has 0 bridgehead atoms. The highest BCUT2D eigenvalue weighted by molar-refractivity contribution is 14.1. The lowest BCUT2D eigenvalue weighted by Crippen LogP contribution is -2.20. The first-order valence-electron chi connectivity index (χ1n) is 5.99. The minimum absolute atomic E-state index is 0.00483. The number of nitrogens with one attached hydrogen (secondary N) is 1. The summed E-state index contributed by atoms with van der Waals surface area (Å²) in [5.41, 5.74) is 0.777. The quantitative estimate of drug-likeness (QED) is 0.610. The Kier molecular flexibility index (Phi) is 5.72. The molecule has 20 heavy (non-hydrogen) atoms. The van der Waals surface area contributed by atoms with Gasteiger partial charge in [-0.05, 0) is 77.4 Å². The van der Waals surface area contributed by atoms with E-state index in [0.717, 1.165) is 14.2 Å². The molecular formula is C15H14INO2S. The molecule has 0 fully saturated rings. The van der Waals surface area contributed by atoms with Gasteiger partial charge in [-0.15, -0.1) is 11.8 Å². The molecule has 2 rings (SSSR count). The van der Waals surface area contributed by atoms with Gasteiger partial charge in [0.25, 0.3) is 5.91 Å². The highest BCUT2D eigenvalue weighted by Gasteiger charge is 2.03. The first-order valence-corrected chi connectivity index (χ1v) is 8.30. The summed E-state index contributed by atoms with van der Waals surface area (Å²) in [5.74, 6) is 0.527. The molecule has 0 radical (unpaired) electrons. The lowest BCUT2D eigenvalue weighted by atomic mass is 10.3. The van der Waals surface area contributed by atoms with Crippen molar-refractivity contribution in [2.24, 2.45) is 0 Å². The molecule has 0 unspecified atom stereocenters. The van der Waals surface area contributed by atoms with Crippen molar-refractivity contribution in [3.05, 3.63) is 52.1 Å². The summed E-state index contributed by atoms with van der Waals surface area (Å²) in [6.45, 7) is 0.00483. The van der Waals surface area contributed by atoms with Crippen LogP contribution in [0, 0.1) is 3.57 Å². The minimum atomic E-state index is -0.166. The number of thioether (sulfide) groups is 1. The number of benzene rings is 2. The topological polar surface area (TPSA) is 38.3 Å². The standard InChI is InChI=1S/C15H14INO2S/c1-20-14-8-4-12(5-9-14)17-15(18)10-19-13-6-2-11(16)3-7-13/h2-9H,10H2,1H3,(H,17,18). The molecule has 0 aromatic heterocycles. The van der Waals surface area contributed by atoms with E-state index >= 15 is 0 Å². The zero-order valence-corrected chi connectivity index (χ0v) is 13.9.